The average molecular weight is 384 g/mol. The summed E-state index contributed by atoms with van der Waals surface area (Å²) in [6, 6.07) is 19.6. The summed E-state index contributed by atoms with van der Waals surface area (Å²) in [7, 11) is -3.96. The third-order valence-corrected chi connectivity index (χ3v) is 5.34. The maximum atomic E-state index is 14.3. The standard InChI is InChI=1S/C20H17FN2O3S/c1-14-17(15-8-4-2-5-9-15)12-13-18(21)19(14)20(24)22-23-27(25,26)16-10-6-3-7-11-16/h2-13,23H,1H3,(H,22,24). The van der Waals surface area contributed by atoms with E-state index >= 15 is 0 Å². The van der Waals surface area contributed by atoms with Crippen molar-refractivity contribution in [2.75, 3.05) is 0 Å². The van der Waals surface area contributed by atoms with Crippen molar-refractivity contribution in [3.8, 4) is 11.1 Å². The number of carbonyl (C=O) groups excluding carboxylic acids is 1. The van der Waals surface area contributed by atoms with E-state index in [1.54, 1.807) is 31.2 Å². The third kappa shape index (κ3) is 4.05. The zero-order valence-electron chi connectivity index (χ0n) is 14.4. The minimum Gasteiger partial charge on any atom is -0.273 e. The summed E-state index contributed by atoms with van der Waals surface area (Å²) in [6.07, 6.45) is 0. The molecule has 0 unspecified atom stereocenters. The SMILES string of the molecule is Cc1c(-c2ccccc2)ccc(F)c1C(=O)NNS(=O)(=O)c1ccccc1. The van der Waals surface area contributed by atoms with Gasteiger partial charge in [-0.05, 0) is 41.8 Å². The van der Waals surface area contributed by atoms with E-state index in [1.165, 1.54) is 18.2 Å². The quantitative estimate of drug-likeness (QED) is 0.662. The van der Waals surface area contributed by atoms with Crippen molar-refractivity contribution < 1.29 is 17.6 Å². The zero-order chi connectivity index (χ0) is 19.4. The Kier molecular flexibility index (Phi) is 5.34. The lowest BCUT2D eigenvalue weighted by Gasteiger charge is -2.14. The van der Waals surface area contributed by atoms with Crippen LogP contribution in [0, 0.1) is 12.7 Å². The molecule has 7 heteroatoms. The van der Waals surface area contributed by atoms with Crippen molar-refractivity contribution in [2.45, 2.75) is 11.8 Å². The molecule has 138 valence electrons. The number of rotatable bonds is 5. The predicted octanol–water partition coefficient (Wildman–Crippen LogP) is 3.42. The number of amides is 1. The highest BCUT2D eigenvalue weighted by atomic mass is 32.2. The normalized spacial score (nSPS) is 11.2. The van der Waals surface area contributed by atoms with Crippen LogP contribution in [0.1, 0.15) is 15.9 Å². The Hall–Kier alpha value is -3.03. The van der Waals surface area contributed by atoms with Crippen LogP contribution < -0.4 is 10.3 Å². The summed E-state index contributed by atoms with van der Waals surface area (Å²) in [5.74, 6) is -1.61. The Morgan fingerprint density at radius 3 is 2.11 bits per heavy atom. The van der Waals surface area contributed by atoms with Gasteiger partial charge in [-0.15, -0.1) is 4.83 Å². The number of carbonyl (C=O) groups is 1. The lowest BCUT2D eigenvalue weighted by molar-refractivity contribution is 0.0940. The molecule has 0 saturated carbocycles. The first-order valence-electron chi connectivity index (χ1n) is 8.12. The number of nitrogens with one attached hydrogen (secondary N) is 2. The van der Waals surface area contributed by atoms with Gasteiger partial charge in [-0.1, -0.05) is 54.6 Å². The second kappa shape index (κ2) is 7.69. The highest BCUT2D eigenvalue weighted by molar-refractivity contribution is 7.89. The smallest absolute Gasteiger partial charge is 0.269 e. The molecule has 3 aromatic rings. The Balaban J connectivity index is 1.87. The summed E-state index contributed by atoms with van der Waals surface area (Å²) in [5, 5.41) is 0. The second-order valence-corrected chi connectivity index (χ2v) is 7.52. The van der Waals surface area contributed by atoms with Crippen LogP contribution >= 0.6 is 0 Å². The molecule has 1 amide bonds. The fourth-order valence-corrected chi connectivity index (χ4v) is 3.58. The van der Waals surface area contributed by atoms with E-state index in [0.717, 1.165) is 5.56 Å². The second-order valence-electron chi connectivity index (χ2n) is 5.83. The van der Waals surface area contributed by atoms with Crippen molar-refractivity contribution in [1.29, 1.82) is 0 Å². The third-order valence-electron chi connectivity index (χ3n) is 4.08. The summed E-state index contributed by atoms with van der Waals surface area (Å²) in [5.41, 5.74) is 3.80. The Labute approximate surface area is 156 Å². The zero-order valence-corrected chi connectivity index (χ0v) is 15.3. The highest BCUT2D eigenvalue weighted by Gasteiger charge is 2.20. The molecule has 0 saturated heterocycles. The monoisotopic (exact) mass is 384 g/mol. The molecule has 0 aliphatic carbocycles. The first-order chi connectivity index (χ1) is 12.9. The minimum absolute atomic E-state index is 0.0134. The van der Waals surface area contributed by atoms with Crippen LogP contribution in [0.25, 0.3) is 11.1 Å². The first-order valence-corrected chi connectivity index (χ1v) is 9.60. The largest absolute Gasteiger partial charge is 0.273 e. The fraction of sp³-hybridized carbons (Fsp3) is 0.0500. The maximum absolute atomic E-state index is 14.3. The van der Waals surface area contributed by atoms with Gasteiger partial charge in [0.2, 0.25) is 0 Å². The Morgan fingerprint density at radius 1 is 0.889 bits per heavy atom. The molecule has 27 heavy (non-hydrogen) atoms. The molecule has 0 spiro atoms. The van der Waals surface area contributed by atoms with Crippen LogP contribution in [0.3, 0.4) is 0 Å². The van der Waals surface area contributed by atoms with E-state index in [4.69, 9.17) is 0 Å². The van der Waals surface area contributed by atoms with Crippen molar-refractivity contribution in [3.63, 3.8) is 0 Å². The van der Waals surface area contributed by atoms with E-state index in [0.29, 0.717) is 11.1 Å². The van der Waals surface area contributed by atoms with E-state index in [2.05, 4.69) is 5.43 Å². The fourth-order valence-electron chi connectivity index (χ4n) is 2.72. The van der Waals surface area contributed by atoms with Gasteiger partial charge in [0.05, 0.1) is 10.5 Å². The van der Waals surface area contributed by atoms with Gasteiger partial charge in [-0.25, -0.2) is 12.8 Å². The summed E-state index contributed by atoms with van der Waals surface area (Å²) in [4.78, 5) is 14.4. The number of hydrogen-bond acceptors (Lipinski definition) is 3. The Morgan fingerprint density at radius 2 is 1.48 bits per heavy atom. The van der Waals surface area contributed by atoms with Crippen LogP contribution in [0.15, 0.2) is 77.7 Å². The van der Waals surface area contributed by atoms with E-state index in [-0.39, 0.29) is 10.5 Å². The Bertz CT molecular complexity index is 1070. The van der Waals surface area contributed by atoms with Crippen LogP contribution in [-0.2, 0) is 10.0 Å². The van der Waals surface area contributed by atoms with Crippen LogP contribution in [-0.4, -0.2) is 14.3 Å². The lowest BCUT2D eigenvalue weighted by Crippen LogP contribution is -2.42. The number of hydrogen-bond donors (Lipinski definition) is 2. The number of benzene rings is 3. The van der Waals surface area contributed by atoms with Crippen molar-refractivity contribution in [2.24, 2.45) is 0 Å². The van der Waals surface area contributed by atoms with Gasteiger partial charge < -0.3 is 0 Å². The van der Waals surface area contributed by atoms with Crippen LogP contribution in [0.4, 0.5) is 4.39 Å². The van der Waals surface area contributed by atoms with Gasteiger partial charge in [0.25, 0.3) is 15.9 Å². The minimum atomic E-state index is -3.96. The molecule has 0 heterocycles. The van der Waals surface area contributed by atoms with Gasteiger partial charge in [-0.2, -0.15) is 0 Å². The van der Waals surface area contributed by atoms with Gasteiger partial charge in [0.15, 0.2) is 0 Å². The molecule has 0 atom stereocenters. The molecule has 2 N–H and O–H groups in total. The molecular formula is C20H17FN2O3S. The predicted molar refractivity (Wildman–Crippen MR) is 101 cm³/mol. The van der Waals surface area contributed by atoms with Crippen molar-refractivity contribution in [1.82, 2.24) is 10.3 Å². The molecule has 0 aromatic heterocycles. The summed E-state index contributed by atoms with van der Waals surface area (Å²) in [6.45, 7) is 1.62. The first kappa shape index (κ1) is 18.8. The number of sulfonamides is 1. The number of halogens is 1. The molecule has 3 rings (SSSR count). The van der Waals surface area contributed by atoms with Gasteiger partial charge in [0.1, 0.15) is 5.82 Å². The molecule has 0 aliphatic rings. The molecule has 0 radical (unpaired) electrons. The summed E-state index contributed by atoms with van der Waals surface area (Å²) < 4.78 is 38.7. The topological polar surface area (TPSA) is 75.3 Å². The van der Waals surface area contributed by atoms with Gasteiger partial charge >= 0.3 is 0 Å². The molecule has 3 aromatic carbocycles. The van der Waals surface area contributed by atoms with E-state index in [1.807, 2.05) is 35.2 Å². The van der Waals surface area contributed by atoms with Crippen LogP contribution in [0.2, 0.25) is 0 Å². The maximum Gasteiger partial charge on any atom is 0.269 e. The van der Waals surface area contributed by atoms with Crippen molar-refractivity contribution >= 4 is 15.9 Å². The van der Waals surface area contributed by atoms with E-state index < -0.39 is 21.7 Å². The molecule has 5 nitrogen and oxygen atoms in total. The number of hydrazine groups is 1. The average Bonchev–Trinajstić information content (AvgIpc) is 2.68. The van der Waals surface area contributed by atoms with Crippen LogP contribution in [0.5, 0.6) is 0 Å². The van der Waals surface area contributed by atoms with E-state index in [9.17, 15) is 17.6 Å². The molecule has 0 aliphatic heterocycles. The lowest BCUT2D eigenvalue weighted by atomic mass is 9.96. The van der Waals surface area contributed by atoms with Crippen molar-refractivity contribution in [3.05, 3.63) is 89.7 Å². The summed E-state index contributed by atoms with van der Waals surface area (Å²) >= 11 is 0. The molecule has 0 bridgehead atoms. The van der Waals surface area contributed by atoms with Gasteiger partial charge in [0, 0.05) is 0 Å². The molecular weight excluding hydrogens is 367 g/mol. The highest BCUT2D eigenvalue weighted by Crippen LogP contribution is 2.27. The molecule has 0 fully saturated rings. The van der Waals surface area contributed by atoms with Gasteiger partial charge in [-0.3, -0.25) is 10.2 Å².